The van der Waals surface area contributed by atoms with Crippen LogP contribution in [0.25, 0.3) is 60.9 Å². The first-order chi connectivity index (χ1) is 29.0. The van der Waals surface area contributed by atoms with Crippen LogP contribution in [0.2, 0.25) is 0 Å². The summed E-state index contributed by atoms with van der Waals surface area (Å²) in [5.74, 6) is 0. The maximum absolute atomic E-state index is 10.0. The molecule has 0 fully saturated rings. The first-order valence-corrected chi connectivity index (χ1v) is 17.9. The molecule has 10 rings (SSSR count). The zero-order valence-electron chi connectivity index (χ0n) is 36.3. The number of para-hydroxylation sites is 3. The highest BCUT2D eigenvalue weighted by Gasteiger charge is 2.36. The number of fused-ring (bicyclic) bond motifs is 6. The standard InChI is InChI=1S/C51H38N2/c1-51(2)46-25-12-9-23-42(46)43-30-29-40(34-47(43)51)52(48-26-13-10-22-41(48)35-16-5-3-6-17-35)39-21-15-18-36(32-39)37-28-31-50-45(33-37)44-24-11-14-27-49(44)53(50)38-19-7-4-8-20-38/h3-34H,1-2H3/i9D,12D,23D,25D,29D,30D,34D. The highest BCUT2D eigenvalue weighted by Crippen LogP contribution is 2.51. The summed E-state index contributed by atoms with van der Waals surface area (Å²) in [5.41, 5.74) is 8.66. The van der Waals surface area contributed by atoms with Crippen LogP contribution in [-0.2, 0) is 5.41 Å². The second-order valence-corrected chi connectivity index (χ2v) is 14.0. The molecule has 1 aliphatic rings. The van der Waals surface area contributed by atoms with Crippen LogP contribution in [0.4, 0.5) is 17.1 Å². The average Bonchev–Trinajstić information content (AvgIpc) is 3.74. The molecular formula is C51H38N2. The molecule has 53 heavy (non-hydrogen) atoms. The quantitative estimate of drug-likeness (QED) is 0.169. The molecule has 0 spiro atoms. The zero-order chi connectivity index (χ0) is 41.6. The molecule has 2 heteroatoms. The summed E-state index contributed by atoms with van der Waals surface area (Å²) in [6.45, 7) is 3.69. The van der Waals surface area contributed by atoms with Gasteiger partial charge in [-0.05, 0) is 99.6 Å². The van der Waals surface area contributed by atoms with Crippen LogP contribution in [0.3, 0.4) is 0 Å². The molecule has 0 unspecified atom stereocenters. The fourth-order valence-electron chi connectivity index (χ4n) is 8.01. The van der Waals surface area contributed by atoms with Crippen LogP contribution in [0.5, 0.6) is 0 Å². The van der Waals surface area contributed by atoms with Gasteiger partial charge >= 0.3 is 0 Å². The van der Waals surface area contributed by atoms with Crippen LogP contribution < -0.4 is 4.90 Å². The third-order valence-corrected chi connectivity index (χ3v) is 10.6. The SMILES string of the molecule is [2H]c1c([2H])c([2H])c2c(c1[2H])-c1c([2H])c([2H])c(N(c3cccc(-c4ccc5c(c4)c4ccccc4n5-c4ccccc4)c3)c3ccccc3-c3ccccc3)c([2H])c1C2(C)C. The van der Waals surface area contributed by atoms with Crippen molar-refractivity contribution in [2.45, 2.75) is 19.3 Å². The molecule has 1 heterocycles. The van der Waals surface area contributed by atoms with Gasteiger partial charge in [0.1, 0.15) is 0 Å². The Bertz CT molecular complexity index is 3210. The molecule has 0 atom stereocenters. The Hall–Kier alpha value is -6.64. The van der Waals surface area contributed by atoms with E-state index in [-0.39, 0.29) is 53.1 Å². The summed E-state index contributed by atoms with van der Waals surface area (Å²) in [6, 6.07) is 49.6. The monoisotopic (exact) mass is 685 g/mol. The van der Waals surface area contributed by atoms with Crippen LogP contribution in [0.1, 0.15) is 34.6 Å². The molecule has 0 amide bonds. The van der Waals surface area contributed by atoms with Crippen LogP contribution in [0, 0.1) is 0 Å². The Kier molecular flexibility index (Phi) is 5.67. The summed E-state index contributed by atoms with van der Waals surface area (Å²) in [7, 11) is 0. The molecule has 2 nitrogen and oxygen atoms in total. The van der Waals surface area contributed by atoms with Gasteiger partial charge in [-0.1, -0.05) is 147 Å². The van der Waals surface area contributed by atoms with E-state index in [9.17, 15) is 4.11 Å². The molecule has 252 valence electrons. The largest absolute Gasteiger partial charge is 0.310 e. The summed E-state index contributed by atoms with van der Waals surface area (Å²) in [4.78, 5) is 1.91. The molecule has 9 aromatic rings. The minimum absolute atomic E-state index is 0.00697. The van der Waals surface area contributed by atoms with E-state index < -0.39 is 11.5 Å². The van der Waals surface area contributed by atoms with Gasteiger partial charge in [0.05, 0.1) is 26.3 Å². The van der Waals surface area contributed by atoms with E-state index in [1.165, 1.54) is 0 Å². The molecule has 1 aromatic heterocycles. The highest BCUT2D eigenvalue weighted by atomic mass is 15.1. The number of hydrogen-bond donors (Lipinski definition) is 0. The van der Waals surface area contributed by atoms with Crippen molar-refractivity contribution >= 4 is 38.9 Å². The molecule has 0 saturated heterocycles. The van der Waals surface area contributed by atoms with Crippen molar-refractivity contribution in [2.24, 2.45) is 0 Å². The minimum Gasteiger partial charge on any atom is -0.310 e. The normalized spacial score (nSPS) is 14.7. The summed E-state index contributed by atoms with van der Waals surface area (Å²) < 4.78 is 66.5. The maximum Gasteiger partial charge on any atom is 0.0648 e. The van der Waals surface area contributed by atoms with Crippen molar-refractivity contribution < 1.29 is 9.60 Å². The van der Waals surface area contributed by atoms with Crippen molar-refractivity contribution in [3.8, 4) is 39.1 Å². The fraction of sp³-hybridized carbons (Fsp3) is 0.0588. The fourth-order valence-corrected chi connectivity index (χ4v) is 8.01. The topological polar surface area (TPSA) is 8.17 Å². The number of anilines is 3. The van der Waals surface area contributed by atoms with Gasteiger partial charge in [0.15, 0.2) is 0 Å². The lowest BCUT2D eigenvalue weighted by Gasteiger charge is -2.30. The van der Waals surface area contributed by atoms with Crippen molar-refractivity contribution in [2.75, 3.05) is 4.90 Å². The van der Waals surface area contributed by atoms with Gasteiger partial charge in [0, 0.05) is 38.8 Å². The van der Waals surface area contributed by atoms with E-state index in [0.717, 1.165) is 49.7 Å². The Morgan fingerprint density at radius 3 is 2.04 bits per heavy atom. The van der Waals surface area contributed by atoms with Crippen LogP contribution in [0.15, 0.2) is 194 Å². The van der Waals surface area contributed by atoms with E-state index in [0.29, 0.717) is 22.5 Å². The Morgan fingerprint density at radius 2 is 1.17 bits per heavy atom. The van der Waals surface area contributed by atoms with Crippen molar-refractivity contribution in [1.29, 1.82) is 0 Å². The lowest BCUT2D eigenvalue weighted by molar-refractivity contribution is 0.660. The second kappa shape index (κ2) is 12.3. The van der Waals surface area contributed by atoms with E-state index >= 15 is 0 Å². The predicted molar refractivity (Wildman–Crippen MR) is 224 cm³/mol. The average molecular weight is 686 g/mol. The maximum atomic E-state index is 10.0. The smallest absolute Gasteiger partial charge is 0.0648 e. The van der Waals surface area contributed by atoms with E-state index in [1.54, 1.807) is 0 Å². The van der Waals surface area contributed by atoms with E-state index in [1.807, 2.05) is 104 Å². The first-order valence-electron chi connectivity index (χ1n) is 21.4. The van der Waals surface area contributed by atoms with E-state index in [2.05, 4.69) is 71.3 Å². The Labute approximate surface area is 320 Å². The van der Waals surface area contributed by atoms with Gasteiger partial charge in [-0.25, -0.2) is 0 Å². The number of benzene rings is 8. The van der Waals surface area contributed by atoms with Crippen LogP contribution in [-0.4, -0.2) is 4.57 Å². The second-order valence-electron chi connectivity index (χ2n) is 14.0. The first kappa shape index (κ1) is 24.5. The molecule has 0 radical (unpaired) electrons. The van der Waals surface area contributed by atoms with Gasteiger partial charge < -0.3 is 9.47 Å². The van der Waals surface area contributed by atoms with Gasteiger partial charge in [0.2, 0.25) is 0 Å². The molecular weight excluding hydrogens is 641 g/mol. The summed E-state index contributed by atoms with van der Waals surface area (Å²) in [6.07, 6.45) is 0. The molecule has 8 aromatic carbocycles. The van der Waals surface area contributed by atoms with Gasteiger partial charge in [-0.3, -0.25) is 0 Å². The lowest BCUT2D eigenvalue weighted by atomic mass is 9.82. The molecule has 0 aliphatic heterocycles. The molecule has 0 saturated carbocycles. The predicted octanol–water partition coefficient (Wildman–Crippen LogP) is 13.9. The van der Waals surface area contributed by atoms with Gasteiger partial charge in [-0.2, -0.15) is 0 Å². The number of hydrogen-bond acceptors (Lipinski definition) is 1. The number of rotatable bonds is 6. The number of aromatic nitrogens is 1. The molecule has 0 bridgehead atoms. The minimum atomic E-state index is -1.07. The third kappa shape index (κ3) is 5.02. The lowest BCUT2D eigenvalue weighted by Crippen LogP contribution is -2.17. The van der Waals surface area contributed by atoms with Gasteiger partial charge in [0.25, 0.3) is 0 Å². The third-order valence-electron chi connectivity index (χ3n) is 10.6. The molecule has 0 N–H and O–H groups in total. The molecule has 1 aliphatic carbocycles. The Balaban J connectivity index is 1.22. The summed E-state index contributed by atoms with van der Waals surface area (Å²) >= 11 is 0. The van der Waals surface area contributed by atoms with Crippen molar-refractivity contribution in [3.63, 3.8) is 0 Å². The van der Waals surface area contributed by atoms with Crippen molar-refractivity contribution in [1.82, 2.24) is 4.57 Å². The summed E-state index contributed by atoms with van der Waals surface area (Å²) in [5, 5.41) is 2.25. The number of nitrogens with zero attached hydrogens (tertiary/aromatic N) is 2. The van der Waals surface area contributed by atoms with Crippen molar-refractivity contribution in [3.05, 3.63) is 205 Å². The zero-order valence-corrected chi connectivity index (χ0v) is 29.3. The van der Waals surface area contributed by atoms with E-state index in [4.69, 9.17) is 5.48 Å². The van der Waals surface area contributed by atoms with Gasteiger partial charge in [-0.15, -0.1) is 0 Å². The highest BCUT2D eigenvalue weighted by molar-refractivity contribution is 6.10. The van der Waals surface area contributed by atoms with Crippen LogP contribution >= 0.6 is 0 Å². The Morgan fingerprint density at radius 1 is 0.491 bits per heavy atom.